The van der Waals surface area contributed by atoms with Crippen LogP contribution < -0.4 is 10.6 Å². The number of carbonyl (C=O) groups excluding carboxylic acids is 1. The van der Waals surface area contributed by atoms with Gasteiger partial charge in [-0.05, 0) is 45.8 Å². The minimum atomic E-state index is 0.0314. The average molecular weight is 355 g/mol. The second-order valence-corrected chi connectivity index (χ2v) is 7.17. The van der Waals surface area contributed by atoms with E-state index in [0.29, 0.717) is 6.04 Å². The minimum Gasteiger partial charge on any atom is -0.378 e. The van der Waals surface area contributed by atoms with Gasteiger partial charge in [-0.15, -0.1) is 11.3 Å². The van der Waals surface area contributed by atoms with Crippen LogP contribution in [0.2, 0.25) is 0 Å². The molecule has 0 atom stereocenters. The molecule has 1 aliphatic rings. The first kappa shape index (κ1) is 13.6. The van der Waals surface area contributed by atoms with Crippen molar-refractivity contribution in [2.24, 2.45) is 0 Å². The molecule has 0 aliphatic heterocycles. The Bertz CT molecular complexity index is 605. The van der Waals surface area contributed by atoms with Crippen LogP contribution in [0.5, 0.6) is 0 Å². The lowest BCUT2D eigenvalue weighted by atomic mass is 10.3. The molecule has 1 fully saturated rings. The van der Waals surface area contributed by atoms with Gasteiger partial charge in [0.2, 0.25) is 5.91 Å². The summed E-state index contributed by atoms with van der Waals surface area (Å²) in [6, 6.07) is 2.48. The SMILES string of the molecule is O=C(Cn1cc(NCc2csc(Br)c2)cn1)NC1CC1. The highest BCUT2D eigenvalue weighted by Crippen LogP contribution is 2.21. The molecule has 1 aliphatic carbocycles. The molecule has 0 saturated heterocycles. The number of hydrogen-bond acceptors (Lipinski definition) is 4. The topological polar surface area (TPSA) is 59.0 Å². The van der Waals surface area contributed by atoms with Crippen LogP contribution in [-0.2, 0) is 17.9 Å². The van der Waals surface area contributed by atoms with Gasteiger partial charge >= 0.3 is 0 Å². The molecule has 0 aromatic carbocycles. The normalized spacial score (nSPS) is 14.2. The van der Waals surface area contributed by atoms with Crippen molar-refractivity contribution in [3.05, 3.63) is 33.2 Å². The predicted molar refractivity (Wildman–Crippen MR) is 82.7 cm³/mol. The van der Waals surface area contributed by atoms with Gasteiger partial charge in [-0.2, -0.15) is 5.10 Å². The highest BCUT2D eigenvalue weighted by molar-refractivity contribution is 9.11. The Morgan fingerprint density at radius 2 is 2.40 bits per heavy atom. The van der Waals surface area contributed by atoms with Crippen molar-refractivity contribution in [3.8, 4) is 0 Å². The highest BCUT2D eigenvalue weighted by Gasteiger charge is 2.23. The molecule has 0 unspecified atom stereocenters. The summed E-state index contributed by atoms with van der Waals surface area (Å²) in [6.45, 7) is 1.03. The number of aromatic nitrogens is 2. The molecule has 20 heavy (non-hydrogen) atoms. The van der Waals surface area contributed by atoms with Crippen molar-refractivity contribution in [2.45, 2.75) is 32.0 Å². The number of hydrogen-bond donors (Lipinski definition) is 2. The monoisotopic (exact) mass is 354 g/mol. The van der Waals surface area contributed by atoms with Gasteiger partial charge < -0.3 is 10.6 Å². The van der Waals surface area contributed by atoms with Crippen molar-refractivity contribution >= 4 is 38.9 Å². The zero-order chi connectivity index (χ0) is 13.9. The van der Waals surface area contributed by atoms with Gasteiger partial charge in [-0.3, -0.25) is 9.48 Å². The first-order chi connectivity index (χ1) is 9.69. The Balaban J connectivity index is 1.49. The third-order valence-corrected chi connectivity index (χ3v) is 4.55. The number of halogens is 1. The highest BCUT2D eigenvalue weighted by atomic mass is 79.9. The number of nitrogens with one attached hydrogen (secondary N) is 2. The Kier molecular flexibility index (Phi) is 4.07. The molecule has 2 heterocycles. The summed E-state index contributed by atoms with van der Waals surface area (Å²) in [7, 11) is 0. The molecule has 106 valence electrons. The molecule has 2 N–H and O–H groups in total. The fourth-order valence-corrected chi connectivity index (χ4v) is 3.04. The van der Waals surface area contributed by atoms with Crippen molar-refractivity contribution in [1.29, 1.82) is 0 Å². The van der Waals surface area contributed by atoms with Gasteiger partial charge in [-0.1, -0.05) is 0 Å². The lowest BCUT2D eigenvalue weighted by Crippen LogP contribution is -2.29. The number of nitrogens with zero attached hydrogens (tertiary/aromatic N) is 2. The van der Waals surface area contributed by atoms with E-state index in [0.717, 1.165) is 28.9 Å². The molecule has 1 saturated carbocycles. The summed E-state index contributed by atoms with van der Waals surface area (Å²) >= 11 is 5.11. The Hall–Kier alpha value is -1.34. The Morgan fingerprint density at radius 3 is 3.10 bits per heavy atom. The van der Waals surface area contributed by atoms with E-state index in [4.69, 9.17) is 0 Å². The minimum absolute atomic E-state index is 0.0314. The molecule has 0 spiro atoms. The van der Waals surface area contributed by atoms with Crippen LogP contribution in [-0.4, -0.2) is 21.7 Å². The summed E-state index contributed by atoms with van der Waals surface area (Å²) in [5.41, 5.74) is 2.15. The third-order valence-electron chi connectivity index (χ3n) is 3.00. The Morgan fingerprint density at radius 1 is 1.55 bits per heavy atom. The summed E-state index contributed by atoms with van der Waals surface area (Å²) in [4.78, 5) is 11.7. The van der Waals surface area contributed by atoms with Gasteiger partial charge in [-0.25, -0.2) is 0 Å². The van der Waals surface area contributed by atoms with E-state index in [9.17, 15) is 4.79 Å². The van der Waals surface area contributed by atoms with Gasteiger partial charge in [0, 0.05) is 18.8 Å². The summed E-state index contributed by atoms with van der Waals surface area (Å²) in [5, 5.41) is 12.5. The smallest absolute Gasteiger partial charge is 0.241 e. The second-order valence-electron chi connectivity index (χ2n) is 4.88. The van der Waals surface area contributed by atoms with E-state index in [2.05, 4.69) is 43.1 Å². The maximum absolute atomic E-state index is 11.7. The molecule has 0 bridgehead atoms. The van der Waals surface area contributed by atoms with Crippen molar-refractivity contribution in [1.82, 2.24) is 15.1 Å². The van der Waals surface area contributed by atoms with E-state index in [1.807, 2.05) is 6.20 Å². The van der Waals surface area contributed by atoms with Crippen LogP contribution in [0.3, 0.4) is 0 Å². The Labute approximate surface area is 129 Å². The molecule has 5 nitrogen and oxygen atoms in total. The van der Waals surface area contributed by atoms with Gasteiger partial charge in [0.15, 0.2) is 0 Å². The van der Waals surface area contributed by atoms with Crippen molar-refractivity contribution in [3.63, 3.8) is 0 Å². The quantitative estimate of drug-likeness (QED) is 0.838. The largest absolute Gasteiger partial charge is 0.378 e. The fourth-order valence-electron chi connectivity index (χ4n) is 1.83. The molecular weight excluding hydrogens is 340 g/mol. The number of anilines is 1. The number of carbonyl (C=O) groups is 1. The molecule has 0 radical (unpaired) electrons. The van der Waals surface area contributed by atoms with Gasteiger partial charge in [0.1, 0.15) is 6.54 Å². The maximum Gasteiger partial charge on any atom is 0.241 e. The summed E-state index contributed by atoms with van der Waals surface area (Å²) in [6.07, 6.45) is 5.81. The zero-order valence-corrected chi connectivity index (χ0v) is 13.2. The van der Waals surface area contributed by atoms with E-state index in [1.165, 1.54) is 5.56 Å². The third kappa shape index (κ3) is 3.83. The van der Waals surface area contributed by atoms with E-state index >= 15 is 0 Å². The molecule has 1 amide bonds. The standard InChI is InChI=1S/C13H15BrN4OS/c14-12-3-9(8-20-12)4-15-11-5-16-18(6-11)7-13(19)17-10-1-2-10/h3,5-6,8,10,15H,1-2,4,7H2,(H,17,19). The molecule has 2 aromatic rings. The van der Waals surface area contributed by atoms with Crippen LogP contribution in [0.1, 0.15) is 18.4 Å². The second kappa shape index (κ2) is 5.97. The number of rotatable bonds is 6. The van der Waals surface area contributed by atoms with E-state index < -0.39 is 0 Å². The number of amides is 1. The lowest BCUT2D eigenvalue weighted by molar-refractivity contribution is -0.122. The van der Waals surface area contributed by atoms with Crippen LogP contribution in [0.4, 0.5) is 5.69 Å². The predicted octanol–water partition coefficient (Wildman–Crippen LogP) is 2.60. The molecular formula is C13H15BrN4OS. The van der Waals surface area contributed by atoms with Crippen molar-refractivity contribution < 1.29 is 4.79 Å². The van der Waals surface area contributed by atoms with E-state index in [1.54, 1.807) is 22.2 Å². The summed E-state index contributed by atoms with van der Waals surface area (Å²) < 4.78 is 2.78. The average Bonchev–Trinajstić information content (AvgIpc) is 2.94. The van der Waals surface area contributed by atoms with Crippen LogP contribution in [0.15, 0.2) is 27.6 Å². The number of thiophene rings is 1. The molecule has 3 rings (SSSR count). The maximum atomic E-state index is 11.7. The van der Waals surface area contributed by atoms with Gasteiger partial charge in [0.25, 0.3) is 0 Å². The summed E-state index contributed by atoms with van der Waals surface area (Å²) in [5.74, 6) is 0.0314. The van der Waals surface area contributed by atoms with Crippen LogP contribution in [0, 0.1) is 0 Å². The molecule has 7 heteroatoms. The van der Waals surface area contributed by atoms with Crippen LogP contribution >= 0.6 is 27.3 Å². The van der Waals surface area contributed by atoms with E-state index in [-0.39, 0.29) is 12.5 Å². The zero-order valence-electron chi connectivity index (χ0n) is 10.8. The first-order valence-electron chi connectivity index (χ1n) is 6.47. The fraction of sp³-hybridized carbons (Fsp3) is 0.385. The lowest BCUT2D eigenvalue weighted by Gasteiger charge is -2.03. The van der Waals surface area contributed by atoms with Crippen molar-refractivity contribution in [2.75, 3.05) is 5.32 Å². The first-order valence-corrected chi connectivity index (χ1v) is 8.15. The molecule has 2 aromatic heterocycles. The van der Waals surface area contributed by atoms with Gasteiger partial charge in [0.05, 0.1) is 15.7 Å². The van der Waals surface area contributed by atoms with Crippen LogP contribution in [0.25, 0.3) is 0 Å².